The highest BCUT2D eigenvalue weighted by Crippen LogP contribution is 2.26. The van der Waals surface area contributed by atoms with E-state index in [1.54, 1.807) is 6.07 Å². The van der Waals surface area contributed by atoms with Crippen LogP contribution >= 0.6 is 0 Å². The van der Waals surface area contributed by atoms with Gasteiger partial charge in [-0.15, -0.1) is 0 Å². The molecule has 3 rings (SSSR count). The number of methoxy groups -OCH3 is 3. The minimum atomic E-state index is -3.72. The van der Waals surface area contributed by atoms with Gasteiger partial charge in [0.15, 0.2) is 0 Å². The normalized spacial score (nSPS) is 14.1. The lowest BCUT2D eigenvalue weighted by atomic mass is 10.1. The van der Waals surface area contributed by atoms with Crippen molar-refractivity contribution in [3.05, 3.63) is 53.1 Å². The third-order valence-electron chi connectivity index (χ3n) is 5.54. The third kappa shape index (κ3) is 6.39. The van der Waals surface area contributed by atoms with Crippen molar-refractivity contribution in [1.82, 2.24) is 4.31 Å². The van der Waals surface area contributed by atoms with E-state index in [4.69, 9.17) is 18.9 Å². The molecular weight excluding hydrogens is 492 g/mol. The first-order chi connectivity index (χ1) is 17.2. The lowest BCUT2D eigenvalue weighted by molar-refractivity contribution is -0.116. The summed E-state index contributed by atoms with van der Waals surface area (Å²) in [5.74, 6) is -1.33. The van der Waals surface area contributed by atoms with E-state index < -0.39 is 27.9 Å². The number of hydrogen-bond acceptors (Lipinski definition) is 9. The lowest BCUT2D eigenvalue weighted by Gasteiger charge is -2.26. The van der Waals surface area contributed by atoms with Gasteiger partial charge >= 0.3 is 11.9 Å². The number of esters is 2. The van der Waals surface area contributed by atoms with Crippen LogP contribution < -0.4 is 10.1 Å². The van der Waals surface area contributed by atoms with E-state index in [2.05, 4.69) is 5.32 Å². The predicted molar refractivity (Wildman–Crippen MR) is 129 cm³/mol. The van der Waals surface area contributed by atoms with Crippen molar-refractivity contribution in [2.75, 3.05) is 52.9 Å². The number of carbonyl (C=O) groups is 3. The molecule has 0 bridgehead atoms. The zero-order valence-electron chi connectivity index (χ0n) is 20.2. The van der Waals surface area contributed by atoms with Crippen LogP contribution in [0.2, 0.25) is 0 Å². The van der Waals surface area contributed by atoms with Gasteiger partial charge in [0.25, 0.3) is 0 Å². The smallest absolute Gasteiger partial charge is 0.337 e. The molecule has 1 fully saturated rings. The number of benzene rings is 2. The van der Waals surface area contributed by atoms with Gasteiger partial charge in [-0.3, -0.25) is 4.79 Å². The van der Waals surface area contributed by atoms with E-state index in [1.807, 2.05) is 0 Å². The third-order valence-corrected chi connectivity index (χ3v) is 7.43. The highest BCUT2D eigenvalue weighted by molar-refractivity contribution is 7.89. The Morgan fingerprint density at radius 2 is 1.56 bits per heavy atom. The number of morpholine rings is 1. The molecule has 0 spiro atoms. The lowest BCUT2D eigenvalue weighted by Crippen LogP contribution is -2.40. The molecule has 11 nitrogen and oxygen atoms in total. The van der Waals surface area contributed by atoms with Gasteiger partial charge < -0.3 is 24.3 Å². The second-order valence-corrected chi connectivity index (χ2v) is 9.76. The Labute approximate surface area is 209 Å². The van der Waals surface area contributed by atoms with E-state index in [9.17, 15) is 22.8 Å². The van der Waals surface area contributed by atoms with Gasteiger partial charge in [-0.25, -0.2) is 18.0 Å². The molecule has 36 heavy (non-hydrogen) atoms. The summed E-state index contributed by atoms with van der Waals surface area (Å²) < 4.78 is 47.4. The van der Waals surface area contributed by atoms with Gasteiger partial charge in [-0.1, -0.05) is 0 Å². The van der Waals surface area contributed by atoms with Crippen molar-refractivity contribution in [2.45, 2.75) is 17.7 Å². The van der Waals surface area contributed by atoms with Crippen molar-refractivity contribution in [1.29, 1.82) is 0 Å². The first-order valence-corrected chi connectivity index (χ1v) is 12.5. The van der Waals surface area contributed by atoms with Crippen LogP contribution in [0.15, 0.2) is 41.3 Å². The van der Waals surface area contributed by atoms with Crippen LogP contribution in [-0.2, 0) is 35.4 Å². The molecule has 2 aromatic carbocycles. The van der Waals surface area contributed by atoms with E-state index in [0.717, 1.165) is 0 Å². The van der Waals surface area contributed by atoms with E-state index in [0.29, 0.717) is 24.5 Å². The number of amides is 1. The van der Waals surface area contributed by atoms with Crippen LogP contribution in [0.1, 0.15) is 32.7 Å². The van der Waals surface area contributed by atoms with Gasteiger partial charge in [-0.2, -0.15) is 4.31 Å². The van der Waals surface area contributed by atoms with Crippen molar-refractivity contribution in [3.63, 3.8) is 0 Å². The number of hydrogen-bond donors (Lipinski definition) is 1. The summed E-state index contributed by atoms with van der Waals surface area (Å²) in [4.78, 5) is 36.7. The maximum absolute atomic E-state index is 13.0. The summed E-state index contributed by atoms with van der Waals surface area (Å²) in [7, 11) is 0.143. The first kappa shape index (κ1) is 27.1. The van der Waals surface area contributed by atoms with Gasteiger partial charge in [-0.05, 0) is 48.4 Å². The summed E-state index contributed by atoms with van der Waals surface area (Å²) in [6, 6.07) is 8.60. The van der Waals surface area contributed by atoms with Gasteiger partial charge in [0.05, 0.1) is 50.6 Å². The molecular formula is C24H28N2O9S. The van der Waals surface area contributed by atoms with Crippen molar-refractivity contribution < 1.29 is 41.7 Å². The number of anilines is 1. The Morgan fingerprint density at radius 3 is 2.11 bits per heavy atom. The number of nitrogens with one attached hydrogen (secondary N) is 1. The van der Waals surface area contributed by atoms with Gasteiger partial charge in [0.2, 0.25) is 15.9 Å². The van der Waals surface area contributed by atoms with Gasteiger partial charge in [0.1, 0.15) is 5.75 Å². The average Bonchev–Trinajstić information content (AvgIpc) is 2.90. The highest BCUT2D eigenvalue weighted by Gasteiger charge is 2.27. The maximum atomic E-state index is 13.0. The Bertz CT molecular complexity index is 1200. The second-order valence-electron chi connectivity index (χ2n) is 7.82. The first-order valence-electron chi connectivity index (χ1n) is 11.1. The van der Waals surface area contributed by atoms with Crippen molar-refractivity contribution in [2.24, 2.45) is 0 Å². The number of aryl methyl sites for hydroxylation is 1. The van der Waals surface area contributed by atoms with Crippen LogP contribution in [0.4, 0.5) is 5.69 Å². The monoisotopic (exact) mass is 520 g/mol. The summed E-state index contributed by atoms with van der Waals surface area (Å²) in [5, 5.41) is 2.65. The fraction of sp³-hybridized carbons (Fsp3) is 0.375. The van der Waals surface area contributed by atoms with Crippen LogP contribution in [-0.4, -0.2) is 78.2 Å². The molecule has 1 aliphatic heterocycles. The van der Waals surface area contributed by atoms with E-state index in [1.165, 1.54) is 56.0 Å². The Balaban J connectivity index is 1.77. The second kappa shape index (κ2) is 12.0. The zero-order chi connectivity index (χ0) is 26.3. The molecule has 1 aliphatic rings. The number of sulfonamides is 1. The molecule has 1 saturated heterocycles. The Kier molecular flexibility index (Phi) is 9.02. The SMILES string of the molecule is COC(=O)c1cc(NC(=O)CCc2cc(S(=O)(=O)N3CCOCC3)ccc2OC)cc(C(=O)OC)c1. The van der Waals surface area contributed by atoms with Crippen molar-refractivity contribution in [3.8, 4) is 5.75 Å². The molecule has 2 aromatic rings. The summed E-state index contributed by atoms with van der Waals surface area (Å²) in [6.07, 6.45) is 0.162. The standard InChI is InChI=1S/C24H28N2O9S/c1-32-21-6-5-20(36(30,31)26-8-10-35-11-9-26)15-16(21)4-7-22(27)25-19-13-17(23(28)33-2)12-18(14-19)24(29)34-3/h5-6,12-15H,4,7-11H2,1-3H3,(H,25,27). The number of rotatable bonds is 9. The molecule has 0 aliphatic carbocycles. The Morgan fingerprint density at radius 1 is 0.944 bits per heavy atom. The molecule has 0 aromatic heterocycles. The molecule has 0 unspecified atom stereocenters. The Hall–Kier alpha value is -3.48. The summed E-state index contributed by atoms with van der Waals surface area (Å²) in [5.41, 5.74) is 0.885. The zero-order valence-corrected chi connectivity index (χ0v) is 21.1. The molecule has 0 atom stereocenters. The number of ether oxygens (including phenoxy) is 4. The molecule has 1 heterocycles. The quantitative estimate of drug-likeness (QED) is 0.491. The van der Waals surface area contributed by atoms with Crippen LogP contribution in [0.5, 0.6) is 5.75 Å². The molecule has 194 valence electrons. The van der Waals surface area contributed by atoms with Crippen LogP contribution in [0, 0.1) is 0 Å². The fourth-order valence-electron chi connectivity index (χ4n) is 3.69. The topological polar surface area (TPSA) is 138 Å². The summed E-state index contributed by atoms with van der Waals surface area (Å²) in [6.45, 7) is 1.20. The largest absolute Gasteiger partial charge is 0.496 e. The van der Waals surface area contributed by atoms with Gasteiger partial charge in [0, 0.05) is 25.2 Å². The van der Waals surface area contributed by atoms with E-state index in [-0.39, 0.29) is 47.6 Å². The minimum Gasteiger partial charge on any atom is -0.496 e. The summed E-state index contributed by atoms with van der Waals surface area (Å²) >= 11 is 0. The number of nitrogens with zero attached hydrogens (tertiary/aromatic N) is 1. The molecule has 0 saturated carbocycles. The van der Waals surface area contributed by atoms with Crippen molar-refractivity contribution >= 4 is 33.6 Å². The predicted octanol–water partition coefficient (Wildman–Crippen LogP) is 1.86. The molecule has 0 radical (unpaired) electrons. The number of carbonyl (C=O) groups excluding carboxylic acids is 3. The van der Waals surface area contributed by atoms with E-state index >= 15 is 0 Å². The fourth-order valence-corrected chi connectivity index (χ4v) is 5.15. The molecule has 1 N–H and O–H groups in total. The van der Waals surface area contributed by atoms with Crippen LogP contribution in [0.3, 0.4) is 0 Å². The highest BCUT2D eigenvalue weighted by atomic mass is 32.2. The molecule has 1 amide bonds. The van der Waals surface area contributed by atoms with Crippen LogP contribution in [0.25, 0.3) is 0 Å². The maximum Gasteiger partial charge on any atom is 0.337 e. The average molecular weight is 521 g/mol. The molecule has 12 heteroatoms. The minimum absolute atomic E-state index is 0.0204.